The monoisotopic (exact) mass is 466 g/mol. The molecule has 0 aliphatic heterocycles. The van der Waals surface area contributed by atoms with Gasteiger partial charge in [0.05, 0.1) is 0 Å². The van der Waals surface area contributed by atoms with Gasteiger partial charge in [-0.25, -0.2) is 0 Å². The fourth-order valence-corrected chi connectivity index (χ4v) is 5.25. The first-order chi connectivity index (χ1) is 17.7. The molecule has 6 rings (SSSR count). The van der Waals surface area contributed by atoms with Crippen LogP contribution in [0.15, 0.2) is 108 Å². The van der Waals surface area contributed by atoms with Gasteiger partial charge in [0.15, 0.2) is 11.6 Å². The fourth-order valence-electron chi connectivity index (χ4n) is 5.25. The Morgan fingerprint density at radius 3 is 1.25 bits per heavy atom. The molecule has 0 heterocycles. The lowest BCUT2D eigenvalue weighted by Gasteiger charge is -2.17. The summed E-state index contributed by atoms with van der Waals surface area (Å²) in [5.74, 6) is 0.288. The predicted octanol–water partition coefficient (Wildman–Crippen LogP) is 7.78. The molecule has 0 spiro atoms. The van der Waals surface area contributed by atoms with Gasteiger partial charge in [-0.2, -0.15) is 0 Å². The lowest BCUT2D eigenvalue weighted by atomic mass is 9.86. The molecule has 36 heavy (non-hydrogen) atoms. The summed E-state index contributed by atoms with van der Waals surface area (Å²) in [5.41, 5.74) is 10.0. The van der Waals surface area contributed by atoms with E-state index in [1.807, 2.05) is 60.7 Å². The molecule has 0 saturated heterocycles. The Balaban J connectivity index is 1.18. The molecule has 0 radical (unpaired) electrons. The highest BCUT2D eigenvalue weighted by Gasteiger charge is 2.22. The third kappa shape index (κ3) is 4.27. The van der Waals surface area contributed by atoms with Crippen molar-refractivity contribution >= 4 is 23.7 Å². The van der Waals surface area contributed by atoms with E-state index in [9.17, 15) is 9.59 Å². The second-order valence-electron chi connectivity index (χ2n) is 9.56. The highest BCUT2D eigenvalue weighted by molar-refractivity contribution is 6.13. The van der Waals surface area contributed by atoms with E-state index in [-0.39, 0.29) is 11.6 Å². The van der Waals surface area contributed by atoms with E-state index in [0.717, 1.165) is 81.3 Å². The molecule has 0 aromatic heterocycles. The van der Waals surface area contributed by atoms with Crippen molar-refractivity contribution in [2.45, 2.75) is 25.7 Å². The highest BCUT2D eigenvalue weighted by Crippen LogP contribution is 2.29. The van der Waals surface area contributed by atoms with Crippen molar-refractivity contribution in [2.24, 2.45) is 0 Å². The van der Waals surface area contributed by atoms with Crippen LogP contribution in [0.3, 0.4) is 0 Å². The number of allylic oxidation sites excluding steroid dienone is 2. The molecule has 0 saturated carbocycles. The molecule has 4 aromatic rings. The Bertz CT molecular complexity index is 1410. The van der Waals surface area contributed by atoms with E-state index in [1.54, 1.807) is 0 Å². The Hall–Kier alpha value is -4.30. The fraction of sp³-hybridized carbons (Fsp3) is 0.118. The summed E-state index contributed by atoms with van der Waals surface area (Å²) < 4.78 is 0. The summed E-state index contributed by atoms with van der Waals surface area (Å²) in [4.78, 5) is 25.7. The third-order valence-electron chi connectivity index (χ3n) is 7.27. The van der Waals surface area contributed by atoms with E-state index >= 15 is 0 Å². The van der Waals surface area contributed by atoms with Crippen LogP contribution in [0.25, 0.3) is 23.3 Å². The quantitative estimate of drug-likeness (QED) is 0.289. The van der Waals surface area contributed by atoms with Gasteiger partial charge >= 0.3 is 0 Å². The van der Waals surface area contributed by atoms with Crippen molar-refractivity contribution in [1.29, 1.82) is 0 Å². The zero-order valence-electron chi connectivity index (χ0n) is 20.0. The zero-order valence-corrected chi connectivity index (χ0v) is 20.0. The van der Waals surface area contributed by atoms with Gasteiger partial charge < -0.3 is 0 Å². The van der Waals surface area contributed by atoms with Crippen LogP contribution in [0, 0.1) is 0 Å². The van der Waals surface area contributed by atoms with Crippen LogP contribution in [0.2, 0.25) is 0 Å². The average Bonchev–Trinajstić information content (AvgIpc) is 2.93. The first-order valence-electron chi connectivity index (χ1n) is 12.5. The molecule has 0 amide bonds. The van der Waals surface area contributed by atoms with Crippen LogP contribution >= 0.6 is 0 Å². The standard InChI is InChI=1S/C34H26O2/c35-33-29(19-17-27-5-1-3-7-31(27)33)21-23-9-13-25(14-10-23)26-15-11-24(12-16-26)22-30-20-18-28-6-2-4-8-32(28)34(30)36/h1-16,21-22H,17-20H2/b29-21+,30-22+. The van der Waals surface area contributed by atoms with Gasteiger partial charge in [0.25, 0.3) is 0 Å². The van der Waals surface area contributed by atoms with Crippen LogP contribution in [-0.4, -0.2) is 11.6 Å². The largest absolute Gasteiger partial charge is 0.289 e. The van der Waals surface area contributed by atoms with Crippen LogP contribution in [-0.2, 0) is 12.8 Å². The number of aryl methyl sites for hydroxylation is 2. The maximum atomic E-state index is 12.9. The van der Waals surface area contributed by atoms with Crippen molar-refractivity contribution in [3.63, 3.8) is 0 Å². The van der Waals surface area contributed by atoms with E-state index in [4.69, 9.17) is 0 Å². The van der Waals surface area contributed by atoms with Crippen LogP contribution in [0.4, 0.5) is 0 Å². The molecule has 2 aliphatic rings. The summed E-state index contributed by atoms with van der Waals surface area (Å²) in [6, 6.07) is 32.5. The minimum absolute atomic E-state index is 0.144. The third-order valence-corrected chi connectivity index (χ3v) is 7.27. The minimum atomic E-state index is 0.144. The molecule has 0 atom stereocenters. The van der Waals surface area contributed by atoms with E-state index in [0.29, 0.717) is 0 Å². The predicted molar refractivity (Wildman–Crippen MR) is 146 cm³/mol. The second kappa shape index (κ2) is 9.39. The second-order valence-corrected chi connectivity index (χ2v) is 9.56. The molecule has 2 nitrogen and oxygen atoms in total. The number of hydrogen-bond acceptors (Lipinski definition) is 2. The molecule has 0 N–H and O–H groups in total. The number of fused-ring (bicyclic) bond motifs is 2. The number of benzene rings is 4. The number of Topliss-reactive ketones (excluding diaryl/α,β-unsaturated/α-hetero) is 2. The zero-order chi connectivity index (χ0) is 24.5. The van der Waals surface area contributed by atoms with Crippen LogP contribution in [0.5, 0.6) is 0 Å². The van der Waals surface area contributed by atoms with Gasteiger partial charge in [0, 0.05) is 22.3 Å². The Morgan fingerprint density at radius 2 is 0.833 bits per heavy atom. The number of carbonyl (C=O) groups is 2. The van der Waals surface area contributed by atoms with Gasteiger partial charge in [0.1, 0.15) is 0 Å². The Morgan fingerprint density at radius 1 is 0.444 bits per heavy atom. The van der Waals surface area contributed by atoms with Gasteiger partial charge in [0.2, 0.25) is 0 Å². The minimum Gasteiger partial charge on any atom is -0.289 e. The average molecular weight is 467 g/mol. The summed E-state index contributed by atoms with van der Waals surface area (Å²) in [7, 11) is 0. The number of rotatable bonds is 3. The molecular formula is C34H26O2. The molecule has 0 bridgehead atoms. The molecule has 4 aromatic carbocycles. The van der Waals surface area contributed by atoms with Crippen molar-refractivity contribution in [3.8, 4) is 11.1 Å². The van der Waals surface area contributed by atoms with E-state index < -0.39 is 0 Å². The van der Waals surface area contributed by atoms with Crippen molar-refractivity contribution in [2.75, 3.05) is 0 Å². The maximum absolute atomic E-state index is 12.9. The Labute approximate surface area is 211 Å². The summed E-state index contributed by atoms with van der Waals surface area (Å²) >= 11 is 0. The van der Waals surface area contributed by atoms with Crippen molar-refractivity contribution in [1.82, 2.24) is 0 Å². The smallest absolute Gasteiger partial charge is 0.189 e. The SMILES string of the molecule is O=C1/C(=C/c2ccc(-c3ccc(/C=C4\CCc5ccccc5C4=O)cc3)cc2)CCc2ccccc21. The Kier molecular flexibility index (Phi) is 5.79. The van der Waals surface area contributed by atoms with E-state index in [2.05, 4.69) is 48.5 Å². The normalized spacial score (nSPS) is 17.2. The van der Waals surface area contributed by atoms with Crippen molar-refractivity contribution < 1.29 is 9.59 Å². The van der Waals surface area contributed by atoms with Gasteiger partial charge in [-0.1, -0.05) is 97.1 Å². The first kappa shape index (κ1) is 22.2. The molecule has 2 aliphatic carbocycles. The summed E-state index contributed by atoms with van der Waals surface area (Å²) in [6.07, 6.45) is 7.43. The van der Waals surface area contributed by atoms with Gasteiger partial charge in [-0.15, -0.1) is 0 Å². The number of carbonyl (C=O) groups excluding carboxylic acids is 2. The first-order valence-corrected chi connectivity index (χ1v) is 12.5. The van der Waals surface area contributed by atoms with Crippen LogP contribution < -0.4 is 0 Å². The van der Waals surface area contributed by atoms with Crippen LogP contribution in [0.1, 0.15) is 55.8 Å². The highest BCUT2D eigenvalue weighted by atomic mass is 16.1. The summed E-state index contributed by atoms with van der Waals surface area (Å²) in [5, 5.41) is 0. The molecule has 0 unspecified atom stereocenters. The number of hydrogen-bond donors (Lipinski definition) is 0. The lowest BCUT2D eigenvalue weighted by Crippen LogP contribution is -2.13. The molecule has 0 fully saturated rings. The topological polar surface area (TPSA) is 34.1 Å². The summed E-state index contributed by atoms with van der Waals surface area (Å²) in [6.45, 7) is 0. The van der Waals surface area contributed by atoms with Gasteiger partial charge in [-0.3, -0.25) is 9.59 Å². The molecule has 2 heteroatoms. The van der Waals surface area contributed by atoms with Gasteiger partial charge in [-0.05, 0) is 71.2 Å². The number of ketones is 2. The van der Waals surface area contributed by atoms with Crippen molar-refractivity contribution in [3.05, 3.63) is 142 Å². The maximum Gasteiger partial charge on any atom is 0.189 e. The lowest BCUT2D eigenvalue weighted by molar-refractivity contribution is 0.101. The molecular weight excluding hydrogens is 440 g/mol. The molecule has 174 valence electrons. The van der Waals surface area contributed by atoms with E-state index in [1.165, 1.54) is 0 Å².